The first-order valence-electron chi connectivity index (χ1n) is 4.87. The van der Waals surface area contributed by atoms with Crippen LogP contribution in [0.1, 0.15) is 26.7 Å². The fourth-order valence-corrected chi connectivity index (χ4v) is 1.13. The molecule has 0 aliphatic carbocycles. The minimum Gasteiger partial charge on any atom is -0.381 e. The summed E-state index contributed by atoms with van der Waals surface area (Å²) in [6, 6.07) is 0. The van der Waals surface area contributed by atoms with Crippen LogP contribution in [0.2, 0.25) is 0 Å². The summed E-state index contributed by atoms with van der Waals surface area (Å²) in [4.78, 5) is 12.8. The summed E-state index contributed by atoms with van der Waals surface area (Å²) in [5, 5.41) is 0. The number of nitrogens with two attached hydrogens (primary N) is 1. The van der Waals surface area contributed by atoms with Crippen molar-refractivity contribution in [2.45, 2.75) is 26.7 Å². The summed E-state index contributed by atoms with van der Waals surface area (Å²) < 4.78 is 31.6. The molecule has 0 spiro atoms. The first-order chi connectivity index (χ1) is 7.50. The third-order valence-electron chi connectivity index (χ3n) is 1.83. The Morgan fingerprint density at radius 3 is 1.82 bits per heavy atom. The first-order valence-corrected chi connectivity index (χ1v) is 6.27. The predicted molar refractivity (Wildman–Crippen MR) is 64.7 cm³/mol. The molecule has 0 bridgehead atoms. The average molecular weight is 268 g/mol. The van der Waals surface area contributed by atoms with Gasteiger partial charge in [0.25, 0.3) is 0 Å². The normalized spacial score (nSPS) is 12.1. The van der Waals surface area contributed by atoms with Gasteiger partial charge in [0, 0.05) is 25.4 Å². The van der Waals surface area contributed by atoms with Crippen molar-refractivity contribution >= 4 is 16.3 Å². The monoisotopic (exact) mass is 268 g/mol. The molecular formula is C9H20N2O5S. The smallest absolute Gasteiger partial charge is 0.381 e. The highest BCUT2D eigenvalue weighted by Gasteiger charge is 2.07. The fourth-order valence-electron chi connectivity index (χ4n) is 1.13. The largest absolute Gasteiger partial charge is 0.394 e. The molecule has 7 nitrogen and oxygen atoms in total. The van der Waals surface area contributed by atoms with Crippen molar-refractivity contribution in [1.82, 2.24) is 4.90 Å². The van der Waals surface area contributed by atoms with Crippen molar-refractivity contribution in [2.24, 2.45) is 5.73 Å². The van der Waals surface area contributed by atoms with Crippen molar-refractivity contribution < 1.29 is 22.3 Å². The van der Waals surface area contributed by atoms with Gasteiger partial charge >= 0.3 is 10.4 Å². The maximum absolute atomic E-state index is 10.9. The number of carbonyl (C=O) groups is 1. The standard InChI is InChI=1S/C9H18N2O.H2O4S/c1-5-6-8(11(3)4)7(2)9(10)12;1-5(2,3)4/h5-6H2,1-4H3,(H2,10,12);(H2,1,2,3,4)/b8-7+;. The van der Waals surface area contributed by atoms with Crippen molar-refractivity contribution in [3.05, 3.63) is 11.3 Å². The number of carbonyl (C=O) groups excluding carboxylic acids is 1. The van der Waals surface area contributed by atoms with E-state index in [4.69, 9.17) is 23.3 Å². The van der Waals surface area contributed by atoms with Gasteiger partial charge in [-0.15, -0.1) is 0 Å². The number of nitrogens with zero attached hydrogens (tertiary/aromatic N) is 1. The number of rotatable bonds is 4. The zero-order chi connectivity index (χ0) is 14.2. The molecule has 0 atom stereocenters. The molecule has 0 aromatic heterocycles. The molecule has 0 aliphatic rings. The van der Waals surface area contributed by atoms with Gasteiger partial charge in [-0.05, 0) is 13.3 Å². The fraction of sp³-hybridized carbons (Fsp3) is 0.667. The molecule has 8 heteroatoms. The summed E-state index contributed by atoms with van der Waals surface area (Å²) in [7, 11) is -0.811. The van der Waals surface area contributed by atoms with Crippen molar-refractivity contribution in [3.63, 3.8) is 0 Å². The molecular weight excluding hydrogens is 248 g/mol. The van der Waals surface area contributed by atoms with E-state index >= 15 is 0 Å². The quantitative estimate of drug-likeness (QED) is 0.503. The lowest BCUT2D eigenvalue weighted by Gasteiger charge is -2.18. The van der Waals surface area contributed by atoms with Crippen LogP contribution in [0, 0.1) is 0 Å². The summed E-state index contributed by atoms with van der Waals surface area (Å²) in [5.41, 5.74) is 6.88. The molecule has 0 aromatic carbocycles. The van der Waals surface area contributed by atoms with Gasteiger partial charge < -0.3 is 10.6 Å². The molecule has 0 fully saturated rings. The third-order valence-corrected chi connectivity index (χ3v) is 1.83. The lowest BCUT2D eigenvalue weighted by molar-refractivity contribution is -0.114. The number of allylic oxidation sites excluding steroid dienone is 1. The van der Waals surface area contributed by atoms with Crippen molar-refractivity contribution in [3.8, 4) is 0 Å². The summed E-state index contributed by atoms with van der Waals surface area (Å²) in [6.45, 7) is 3.85. The minimum atomic E-state index is -4.67. The van der Waals surface area contributed by atoms with E-state index in [2.05, 4.69) is 6.92 Å². The van der Waals surface area contributed by atoms with Crippen LogP contribution in [0.15, 0.2) is 11.3 Å². The van der Waals surface area contributed by atoms with Crippen molar-refractivity contribution in [1.29, 1.82) is 0 Å². The zero-order valence-corrected chi connectivity index (χ0v) is 11.3. The van der Waals surface area contributed by atoms with E-state index in [1.807, 2.05) is 19.0 Å². The molecule has 0 saturated carbocycles. The SMILES string of the molecule is CCC/C(=C(/C)C(N)=O)N(C)C.O=S(=O)(O)O. The Balaban J connectivity index is 0. The number of hydrogen-bond donors (Lipinski definition) is 3. The van der Waals surface area contributed by atoms with Crippen LogP contribution in [0.25, 0.3) is 0 Å². The highest BCUT2D eigenvalue weighted by molar-refractivity contribution is 7.79. The van der Waals surface area contributed by atoms with Gasteiger partial charge in [-0.2, -0.15) is 8.42 Å². The Labute approximate surface area is 102 Å². The molecule has 0 aromatic rings. The Morgan fingerprint density at radius 1 is 1.29 bits per heavy atom. The second kappa shape index (κ2) is 8.04. The lowest BCUT2D eigenvalue weighted by Crippen LogP contribution is -2.20. The lowest BCUT2D eigenvalue weighted by atomic mass is 10.1. The Kier molecular flexibility index (Phi) is 8.63. The highest BCUT2D eigenvalue weighted by atomic mass is 32.3. The molecule has 17 heavy (non-hydrogen) atoms. The van der Waals surface area contributed by atoms with Crippen LogP contribution in [0.5, 0.6) is 0 Å². The molecule has 0 aliphatic heterocycles. The maximum atomic E-state index is 10.9. The number of amides is 1. The molecule has 0 unspecified atom stereocenters. The topological polar surface area (TPSA) is 121 Å². The average Bonchev–Trinajstić information content (AvgIpc) is 2.09. The molecule has 1 amide bonds. The molecule has 0 heterocycles. The van der Waals surface area contributed by atoms with Gasteiger partial charge in [0.1, 0.15) is 0 Å². The van der Waals surface area contributed by atoms with Crippen LogP contribution in [-0.2, 0) is 15.2 Å². The van der Waals surface area contributed by atoms with E-state index in [1.165, 1.54) is 0 Å². The molecule has 0 radical (unpaired) electrons. The number of primary amides is 1. The van der Waals surface area contributed by atoms with E-state index in [0.29, 0.717) is 5.57 Å². The Bertz CT molecular complexity index is 365. The Hall–Kier alpha value is -1.12. The maximum Gasteiger partial charge on any atom is 0.394 e. The summed E-state index contributed by atoms with van der Waals surface area (Å²) >= 11 is 0. The molecule has 4 N–H and O–H groups in total. The van der Waals surface area contributed by atoms with Gasteiger partial charge in [-0.25, -0.2) is 0 Å². The van der Waals surface area contributed by atoms with Gasteiger partial charge in [-0.1, -0.05) is 13.3 Å². The van der Waals surface area contributed by atoms with Gasteiger partial charge in [0.2, 0.25) is 5.91 Å². The van der Waals surface area contributed by atoms with Crippen LogP contribution in [0.3, 0.4) is 0 Å². The van der Waals surface area contributed by atoms with E-state index < -0.39 is 10.4 Å². The minimum absolute atomic E-state index is 0.327. The third kappa shape index (κ3) is 12.8. The van der Waals surface area contributed by atoms with Crippen LogP contribution in [-0.4, -0.2) is 42.4 Å². The second-order valence-electron chi connectivity index (χ2n) is 3.53. The number of hydrogen-bond acceptors (Lipinski definition) is 4. The summed E-state index contributed by atoms with van der Waals surface area (Å²) in [5.74, 6) is -0.327. The van der Waals surface area contributed by atoms with E-state index in [1.54, 1.807) is 6.92 Å². The second-order valence-corrected chi connectivity index (χ2v) is 4.42. The van der Waals surface area contributed by atoms with E-state index in [-0.39, 0.29) is 5.91 Å². The summed E-state index contributed by atoms with van der Waals surface area (Å²) in [6.07, 6.45) is 1.93. The van der Waals surface area contributed by atoms with Crippen LogP contribution in [0.4, 0.5) is 0 Å². The van der Waals surface area contributed by atoms with Gasteiger partial charge in [-0.3, -0.25) is 13.9 Å². The van der Waals surface area contributed by atoms with Crippen LogP contribution >= 0.6 is 0 Å². The van der Waals surface area contributed by atoms with Gasteiger partial charge in [0.05, 0.1) is 0 Å². The molecule has 0 rings (SSSR count). The van der Waals surface area contributed by atoms with Gasteiger partial charge in [0.15, 0.2) is 0 Å². The highest BCUT2D eigenvalue weighted by Crippen LogP contribution is 2.12. The molecule has 102 valence electrons. The predicted octanol–water partition coefficient (Wildman–Crippen LogP) is 0.455. The van der Waals surface area contributed by atoms with E-state index in [0.717, 1.165) is 18.5 Å². The van der Waals surface area contributed by atoms with Crippen LogP contribution < -0.4 is 5.73 Å². The van der Waals surface area contributed by atoms with Crippen molar-refractivity contribution in [2.75, 3.05) is 14.1 Å². The zero-order valence-electron chi connectivity index (χ0n) is 10.5. The Morgan fingerprint density at radius 2 is 1.65 bits per heavy atom. The first kappa shape index (κ1) is 18.3. The molecule has 0 saturated heterocycles. The van der Waals surface area contributed by atoms with E-state index in [9.17, 15) is 4.79 Å².